The number of piperidine rings is 1. The lowest BCUT2D eigenvalue weighted by molar-refractivity contribution is -0.130. The van der Waals surface area contributed by atoms with Crippen molar-refractivity contribution in [1.29, 1.82) is 0 Å². The molecule has 1 aliphatic heterocycles. The molecule has 2 aromatic rings. The minimum atomic E-state index is -0.694. The van der Waals surface area contributed by atoms with Crippen LogP contribution in [-0.4, -0.2) is 72.5 Å². The molecule has 2 fully saturated rings. The number of aromatic hydroxyl groups is 1. The molecule has 5 rings (SSSR count). The van der Waals surface area contributed by atoms with E-state index >= 15 is 0 Å². The number of fused-ring (bicyclic) bond motifs is 4. The maximum atomic E-state index is 14.0. The average Bonchev–Trinajstić information content (AvgIpc) is 3.74. The van der Waals surface area contributed by atoms with Crippen LogP contribution in [-0.2, 0) is 31.6 Å². The standard InChI is InChI=1S/C36H51N5O4/c1-23(2)17-30(33(44)38-15-8-14-37)40-32(43)21-39-34(45)36(26-9-6-5-7-10-26)20-27(36)22-41-16-13-35(4)24(3)31(41)18-25-11-12-28(42)19-29(25)35/h5-7,9-12,19,23-24,27,30-31,42H,8,13-18,20-22,37H2,1-4H3,(H,38,44)(H,39,45)(H,40,43)/t24-,27-,30+,31-,35-,36+/m1/s1. The molecular weight excluding hydrogens is 566 g/mol. The Labute approximate surface area is 267 Å². The lowest BCUT2D eigenvalue weighted by atomic mass is 9.59. The first-order chi connectivity index (χ1) is 21.5. The Morgan fingerprint density at radius 1 is 1.11 bits per heavy atom. The number of nitrogens with zero attached hydrogens (tertiary/aromatic N) is 1. The van der Waals surface area contributed by atoms with E-state index in [9.17, 15) is 19.5 Å². The second-order valence-electron chi connectivity index (χ2n) is 14.2. The van der Waals surface area contributed by atoms with Gasteiger partial charge in [0, 0.05) is 19.1 Å². The number of phenolic OH excluding ortho intramolecular Hbond substituents is 1. The zero-order valence-electron chi connectivity index (χ0n) is 27.3. The van der Waals surface area contributed by atoms with Gasteiger partial charge in [-0.05, 0) is 97.2 Å². The van der Waals surface area contributed by atoms with Gasteiger partial charge in [-0.1, -0.05) is 64.1 Å². The van der Waals surface area contributed by atoms with Crippen molar-refractivity contribution in [1.82, 2.24) is 20.9 Å². The van der Waals surface area contributed by atoms with E-state index in [2.05, 4.69) is 40.8 Å². The van der Waals surface area contributed by atoms with E-state index in [0.29, 0.717) is 43.6 Å². The molecule has 0 unspecified atom stereocenters. The Morgan fingerprint density at radius 3 is 2.58 bits per heavy atom. The van der Waals surface area contributed by atoms with Crippen molar-refractivity contribution < 1.29 is 19.5 Å². The van der Waals surface area contributed by atoms with Gasteiger partial charge in [0.15, 0.2) is 0 Å². The molecule has 45 heavy (non-hydrogen) atoms. The van der Waals surface area contributed by atoms with Crippen molar-refractivity contribution in [3.8, 4) is 5.75 Å². The minimum Gasteiger partial charge on any atom is -0.508 e. The molecule has 2 bridgehead atoms. The summed E-state index contributed by atoms with van der Waals surface area (Å²) in [6, 6.07) is 15.4. The molecule has 0 radical (unpaired) electrons. The van der Waals surface area contributed by atoms with Gasteiger partial charge in [-0.3, -0.25) is 19.3 Å². The Hall–Kier alpha value is -3.43. The highest BCUT2D eigenvalue weighted by molar-refractivity contribution is 5.95. The average molecular weight is 618 g/mol. The molecule has 6 N–H and O–H groups in total. The number of rotatable bonds is 13. The van der Waals surface area contributed by atoms with Crippen molar-refractivity contribution in [2.24, 2.45) is 23.5 Å². The second-order valence-corrected chi connectivity index (χ2v) is 14.2. The fourth-order valence-electron chi connectivity index (χ4n) is 7.96. The third-order valence-corrected chi connectivity index (χ3v) is 10.8. The fourth-order valence-corrected chi connectivity index (χ4v) is 7.96. The van der Waals surface area contributed by atoms with Crippen LogP contribution in [0.5, 0.6) is 5.75 Å². The van der Waals surface area contributed by atoms with Crippen LogP contribution in [0.2, 0.25) is 0 Å². The number of phenols is 1. The Morgan fingerprint density at radius 2 is 1.87 bits per heavy atom. The Kier molecular flexibility index (Phi) is 9.89. The number of carbonyl (C=O) groups excluding carboxylic acids is 3. The molecule has 1 saturated heterocycles. The van der Waals surface area contributed by atoms with Gasteiger partial charge in [-0.15, -0.1) is 0 Å². The highest BCUT2D eigenvalue weighted by Gasteiger charge is 2.62. The van der Waals surface area contributed by atoms with Crippen molar-refractivity contribution in [2.45, 2.75) is 82.7 Å². The molecular formula is C36H51N5O4. The highest BCUT2D eigenvalue weighted by Crippen LogP contribution is 2.56. The molecule has 3 aliphatic rings. The topological polar surface area (TPSA) is 137 Å². The normalized spacial score (nSPS) is 27.7. The van der Waals surface area contributed by atoms with Gasteiger partial charge in [0.05, 0.1) is 12.0 Å². The lowest BCUT2D eigenvalue weighted by Gasteiger charge is -2.55. The predicted octanol–water partition coefficient (Wildman–Crippen LogP) is 2.99. The van der Waals surface area contributed by atoms with Crippen LogP contribution in [0.4, 0.5) is 0 Å². The molecule has 1 saturated carbocycles. The van der Waals surface area contributed by atoms with Crippen LogP contribution >= 0.6 is 0 Å². The summed E-state index contributed by atoms with van der Waals surface area (Å²) in [6.45, 7) is 11.2. The van der Waals surface area contributed by atoms with Crippen LogP contribution < -0.4 is 21.7 Å². The SMILES string of the molecule is CC(C)C[C@H](NC(=O)CNC(=O)[C@]1(c2ccccc2)C[C@@H]1CN1CC[C@@]2(C)c3cc(O)ccc3C[C@@H]1[C@H]2C)C(=O)NCCCN. The van der Waals surface area contributed by atoms with Crippen LogP contribution in [0.1, 0.15) is 70.1 Å². The summed E-state index contributed by atoms with van der Waals surface area (Å²) in [7, 11) is 0. The molecule has 2 aliphatic carbocycles. The summed E-state index contributed by atoms with van der Waals surface area (Å²) in [5, 5.41) is 18.8. The van der Waals surface area contributed by atoms with Crippen molar-refractivity contribution in [3.63, 3.8) is 0 Å². The largest absolute Gasteiger partial charge is 0.508 e. The van der Waals surface area contributed by atoms with E-state index in [0.717, 1.165) is 37.9 Å². The third-order valence-electron chi connectivity index (χ3n) is 10.8. The van der Waals surface area contributed by atoms with Gasteiger partial charge in [-0.25, -0.2) is 0 Å². The quantitative estimate of drug-likeness (QED) is 0.219. The molecule has 0 spiro atoms. The second kappa shape index (κ2) is 13.5. The van der Waals surface area contributed by atoms with Crippen molar-refractivity contribution in [3.05, 3.63) is 65.2 Å². The predicted molar refractivity (Wildman–Crippen MR) is 176 cm³/mol. The van der Waals surface area contributed by atoms with Gasteiger partial charge >= 0.3 is 0 Å². The zero-order chi connectivity index (χ0) is 32.4. The van der Waals surface area contributed by atoms with Crippen LogP contribution in [0.25, 0.3) is 0 Å². The number of nitrogens with one attached hydrogen (secondary N) is 3. The van der Waals surface area contributed by atoms with Crippen LogP contribution in [0, 0.1) is 17.8 Å². The number of nitrogens with two attached hydrogens (primary N) is 1. The molecule has 244 valence electrons. The van der Waals surface area contributed by atoms with Gasteiger partial charge in [0.25, 0.3) is 0 Å². The van der Waals surface area contributed by atoms with E-state index < -0.39 is 11.5 Å². The fraction of sp³-hybridized carbons (Fsp3) is 0.583. The number of benzene rings is 2. The van der Waals surface area contributed by atoms with E-state index in [1.54, 1.807) is 6.07 Å². The maximum Gasteiger partial charge on any atom is 0.242 e. The Bertz CT molecular complexity index is 1380. The van der Waals surface area contributed by atoms with Crippen LogP contribution in [0.3, 0.4) is 0 Å². The van der Waals surface area contributed by atoms with E-state index in [4.69, 9.17) is 5.73 Å². The number of hydrogen-bond donors (Lipinski definition) is 5. The van der Waals surface area contributed by atoms with Crippen LogP contribution in [0.15, 0.2) is 48.5 Å². The molecule has 9 heteroatoms. The molecule has 1 heterocycles. The maximum absolute atomic E-state index is 14.0. The number of hydrogen-bond acceptors (Lipinski definition) is 6. The first kappa shape index (κ1) is 32.9. The molecule has 2 aromatic carbocycles. The minimum absolute atomic E-state index is 0.00699. The van der Waals surface area contributed by atoms with E-state index in [-0.39, 0.29) is 41.5 Å². The molecule has 9 nitrogen and oxygen atoms in total. The number of carbonyl (C=O) groups is 3. The van der Waals surface area contributed by atoms with Gasteiger partial charge in [-0.2, -0.15) is 0 Å². The van der Waals surface area contributed by atoms with Gasteiger partial charge in [0.1, 0.15) is 11.8 Å². The van der Waals surface area contributed by atoms with E-state index in [1.807, 2.05) is 50.2 Å². The monoisotopic (exact) mass is 617 g/mol. The lowest BCUT2D eigenvalue weighted by Crippen LogP contribution is -2.58. The zero-order valence-corrected chi connectivity index (χ0v) is 27.3. The smallest absolute Gasteiger partial charge is 0.242 e. The number of likely N-dealkylation sites (tertiary alicyclic amines) is 1. The number of amides is 3. The summed E-state index contributed by atoms with van der Waals surface area (Å²) in [4.78, 5) is 42.3. The molecule has 0 aromatic heterocycles. The molecule has 6 atom stereocenters. The first-order valence-corrected chi connectivity index (χ1v) is 16.7. The first-order valence-electron chi connectivity index (χ1n) is 16.7. The summed E-state index contributed by atoms with van der Waals surface area (Å²) in [5.74, 6) is 0.333. The summed E-state index contributed by atoms with van der Waals surface area (Å²) < 4.78 is 0. The van der Waals surface area contributed by atoms with E-state index in [1.165, 1.54) is 11.1 Å². The van der Waals surface area contributed by atoms with Gasteiger partial charge in [0.2, 0.25) is 17.7 Å². The molecule has 3 amide bonds. The third kappa shape index (κ3) is 6.75. The van der Waals surface area contributed by atoms with Gasteiger partial charge < -0.3 is 26.8 Å². The van der Waals surface area contributed by atoms with Crippen molar-refractivity contribution >= 4 is 17.7 Å². The van der Waals surface area contributed by atoms with Crippen molar-refractivity contribution in [2.75, 3.05) is 32.7 Å². The summed E-state index contributed by atoms with van der Waals surface area (Å²) in [5.41, 5.74) is 8.42. The summed E-state index contributed by atoms with van der Waals surface area (Å²) >= 11 is 0. The Balaban J connectivity index is 1.26. The summed E-state index contributed by atoms with van der Waals surface area (Å²) in [6.07, 6.45) is 3.83. The highest BCUT2D eigenvalue weighted by atomic mass is 16.3.